The van der Waals surface area contributed by atoms with Crippen molar-refractivity contribution in [3.63, 3.8) is 0 Å². The molecule has 1 atom stereocenters. The fourth-order valence-corrected chi connectivity index (χ4v) is 3.68. The van der Waals surface area contributed by atoms with Crippen LogP contribution in [0.2, 0.25) is 0 Å². The van der Waals surface area contributed by atoms with Crippen LogP contribution in [0.3, 0.4) is 0 Å². The summed E-state index contributed by atoms with van der Waals surface area (Å²) in [5.41, 5.74) is 1.87. The van der Waals surface area contributed by atoms with Gasteiger partial charge in [0.05, 0.1) is 23.7 Å². The van der Waals surface area contributed by atoms with Gasteiger partial charge < -0.3 is 9.64 Å². The summed E-state index contributed by atoms with van der Waals surface area (Å²) in [5.74, 6) is 0.0111. The second-order valence-corrected chi connectivity index (χ2v) is 7.97. The van der Waals surface area contributed by atoms with E-state index in [1.807, 2.05) is 24.3 Å². The smallest absolute Gasteiger partial charge is 0.329 e. The zero-order valence-electron chi connectivity index (χ0n) is 17.6. The number of benzene rings is 1. The lowest BCUT2D eigenvalue weighted by atomic mass is 9.98. The third-order valence-electron chi connectivity index (χ3n) is 5.92. The van der Waals surface area contributed by atoms with E-state index in [1.165, 1.54) is 0 Å². The SMILES string of the molecule is CCC(CC)COC(=O)[C@H](C#N)c1nc2ccccc2nc1N1CCC(C)CC1. The molecule has 1 aliphatic heterocycles. The van der Waals surface area contributed by atoms with Gasteiger partial charge in [0.1, 0.15) is 5.69 Å². The number of fused-ring (bicyclic) bond motifs is 1. The highest BCUT2D eigenvalue weighted by molar-refractivity contribution is 5.85. The Labute approximate surface area is 172 Å². The molecule has 0 saturated carbocycles. The lowest BCUT2D eigenvalue weighted by Crippen LogP contribution is -2.35. The van der Waals surface area contributed by atoms with E-state index in [-0.39, 0.29) is 0 Å². The maximum Gasteiger partial charge on any atom is 0.329 e. The number of piperidine rings is 1. The van der Waals surface area contributed by atoms with Crippen molar-refractivity contribution in [2.24, 2.45) is 11.8 Å². The van der Waals surface area contributed by atoms with E-state index in [1.54, 1.807) is 0 Å². The Hall–Kier alpha value is -2.68. The summed E-state index contributed by atoms with van der Waals surface area (Å²) >= 11 is 0. The first-order chi connectivity index (χ1) is 14.1. The van der Waals surface area contributed by atoms with Gasteiger partial charge >= 0.3 is 5.97 Å². The third kappa shape index (κ3) is 4.84. The van der Waals surface area contributed by atoms with Gasteiger partial charge in [0.2, 0.25) is 0 Å². The van der Waals surface area contributed by atoms with E-state index < -0.39 is 11.9 Å². The van der Waals surface area contributed by atoms with Crippen LogP contribution in [0.1, 0.15) is 58.1 Å². The first kappa shape index (κ1) is 21.0. The normalized spacial score (nSPS) is 16.0. The molecule has 29 heavy (non-hydrogen) atoms. The Balaban J connectivity index is 1.95. The molecule has 0 spiro atoms. The van der Waals surface area contributed by atoms with Gasteiger partial charge in [-0.1, -0.05) is 45.7 Å². The Bertz CT molecular complexity index is 880. The number of ether oxygens (including phenoxy) is 1. The highest BCUT2D eigenvalue weighted by Gasteiger charge is 2.31. The Morgan fingerprint density at radius 2 is 1.83 bits per heavy atom. The lowest BCUT2D eigenvalue weighted by molar-refractivity contribution is -0.145. The minimum absolute atomic E-state index is 0.309. The van der Waals surface area contributed by atoms with Crippen LogP contribution in [-0.4, -0.2) is 35.6 Å². The number of carbonyl (C=O) groups is 1. The second kappa shape index (κ2) is 9.69. The number of anilines is 1. The highest BCUT2D eigenvalue weighted by Crippen LogP contribution is 2.31. The van der Waals surface area contributed by atoms with Gasteiger partial charge in [0, 0.05) is 13.1 Å². The summed E-state index contributed by atoms with van der Waals surface area (Å²) in [6.45, 7) is 8.44. The van der Waals surface area contributed by atoms with Gasteiger partial charge in [-0.05, 0) is 36.8 Å². The molecule has 0 radical (unpaired) electrons. The van der Waals surface area contributed by atoms with Gasteiger partial charge in [-0.2, -0.15) is 5.26 Å². The molecule has 0 bridgehead atoms. The van der Waals surface area contributed by atoms with Crippen molar-refractivity contribution in [2.75, 3.05) is 24.6 Å². The number of hydrogen-bond acceptors (Lipinski definition) is 6. The molecule has 3 rings (SSSR count). The van der Waals surface area contributed by atoms with Crippen LogP contribution < -0.4 is 4.90 Å². The number of esters is 1. The van der Waals surface area contributed by atoms with E-state index in [4.69, 9.17) is 14.7 Å². The highest BCUT2D eigenvalue weighted by atomic mass is 16.5. The predicted octanol–water partition coefficient (Wildman–Crippen LogP) is 4.45. The number of para-hydroxylation sites is 2. The van der Waals surface area contributed by atoms with Crippen molar-refractivity contribution < 1.29 is 9.53 Å². The zero-order valence-corrected chi connectivity index (χ0v) is 17.6. The summed E-state index contributed by atoms with van der Waals surface area (Å²) in [5, 5.41) is 9.83. The van der Waals surface area contributed by atoms with Crippen LogP contribution >= 0.6 is 0 Å². The average Bonchev–Trinajstić information content (AvgIpc) is 2.75. The molecule has 1 aromatic carbocycles. The number of carbonyl (C=O) groups excluding carboxylic acids is 1. The average molecular weight is 395 g/mol. The van der Waals surface area contributed by atoms with Crippen LogP contribution in [0.5, 0.6) is 0 Å². The van der Waals surface area contributed by atoms with Gasteiger partial charge in [-0.15, -0.1) is 0 Å². The molecule has 0 amide bonds. The van der Waals surface area contributed by atoms with Crippen molar-refractivity contribution in [3.8, 4) is 6.07 Å². The molecule has 0 unspecified atom stereocenters. The molecule has 1 aromatic heterocycles. The molecule has 6 heteroatoms. The predicted molar refractivity (Wildman–Crippen MR) is 114 cm³/mol. The molecule has 1 fully saturated rings. The third-order valence-corrected chi connectivity index (χ3v) is 5.92. The lowest BCUT2D eigenvalue weighted by Gasteiger charge is -2.32. The largest absolute Gasteiger partial charge is 0.464 e. The van der Waals surface area contributed by atoms with Crippen LogP contribution in [0.4, 0.5) is 5.82 Å². The van der Waals surface area contributed by atoms with Crippen molar-refractivity contribution in [1.82, 2.24) is 9.97 Å². The molecule has 0 aliphatic carbocycles. The molecule has 1 saturated heterocycles. The first-order valence-electron chi connectivity index (χ1n) is 10.6. The number of nitrogens with zero attached hydrogens (tertiary/aromatic N) is 4. The van der Waals surface area contributed by atoms with Crippen LogP contribution in [0.15, 0.2) is 24.3 Å². The Kier molecular flexibility index (Phi) is 7.03. The first-order valence-corrected chi connectivity index (χ1v) is 10.6. The van der Waals surface area contributed by atoms with Crippen molar-refractivity contribution >= 4 is 22.8 Å². The van der Waals surface area contributed by atoms with E-state index in [0.717, 1.165) is 44.3 Å². The maximum atomic E-state index is 12.8. The van der Waals surface area contributed by atoms with Crippen molar-refractivity contribution in [3.05, 3.63) is 30.0 Å². The monoisotopic (exact) mass is 394 g/mol. The Morgan fingerprint density at radius 3 is 2.41 bits per heavy atom. The molecule has 6 nitrogen and oxygen atoms in total. The number of hydrogen-bond donors (Lipinski definition) is 0. The fourth-order valence-electron chi connectivity index (χ4n) is 3.68. The van der Waals surface area contributed by atoms with E-state index in [2.05, 4.69) is 31.7 Å². The maximum absolute atomic E-state index is 12.8. The Morgan fingerprint density at radius 1 is 1.21 bits per heavy atom. The van der Waals surface area contributed by atoms with E-state index in [9.17, 15) is 10.1 Å². The minimum Gasteiger partial charge on any atom is -0.464 e. The summed E-state index contributed by atoms with van der Waals surface area (Å²) in [7, 11) is 0. The molecule has 154 valence electrons. The molecular weight excluding hydrogens is 364 g/mol. The minimum atomic E-state index is -1.07. The van der Waals surface area contributed by atoms with Gasteiger partial charge in [0.25, 0.3) is 0 Å². The molecule has 0 N–H and O–H groups in total. The fraction of sp³-hybridized carbons (Fsp3) is 0.565. The van der Waals surface area contributed by atoms with Crippen LogP contribution in [-0.2, 0) is 9.53 Å². The number of aromatic nitrogens is 2. The molecule has 2 heterocycles. The van der Waals surface area contributed by atoms with Crippen molar-refractivity contribution in [2.45, 2.75) is 52.4 Å². The van der Waals surface area contributed by atoms with E-state index in [0.29, 0.717) is 35.5 Å². The molecule has 1 aliphatic rings. The van der Waals surface area contributed by atoms with Gasteiger partial charge in [-0.25, -0.2) is 9.97 Å². The van der Waals surface area contributed by atoms with Crippen LogP contribution in [0.25, 0.3) is 11.0 Å². The molecular formula is C23H30N4O2. The quantitative estimate of drug-likeness (QED) is 0.646. The summed E-state index contributed by atoms with van der Waals surface area (Å²) in [6, 6.07) is 9.70. The zero-order chi connectivity index (χ0) is 20.8. The van der Waals surface area contributed by atoms with Gasteiger partial charge in [0.15, 0.2) is 11.7 Å². The van der Waals surface area contributed by atoms with Crippen molar-refractivity contribution in [1.29, 1.82) is 5.26 Å². The summed E-state index contributed by atoms with van der Waals surface area (Å²) < 4.78 is 5.52. The van der Waals surface area contributed by atoms with Gasteiger partial charge in [-0.3, -0.25) is 4.79 Å². The standard InChI is InChI=1S/C23H30N4O2/c1-4-17(5-2)15-29-23(28)18(14-24)21-22(27-12-10-16(3)11-13-27)26-20-9-7-6-8-19(20)25-21/h6-9,16-18H,4-5,10-13,15H2,1-3H3/t18-/m1/s1. The number of nitriles is 1. The number of rotatable bonds is 7. The molecule has 2 aromatic rings. The topological polar surface area (TPSA) is 79.1 Å². The van der Waals surface area contributed by atoms with Crippen LogP contribution in [0, 0.1) is 23.2 Å². The summed E-state index contributed by atoms with van der Waals surface area (Å²) in [6.07, 6.45) is 4.00. The second-order valence-electron chi connectivity index (χ2n) is 7.97. The summed E-state index contributed by atoms with van der Waals surface area (Å²) in [4.78, 5) is 24.5. The van der Waals surface area contributed by atoms with E-state index >= 15 is 0 Å².